The first-order chi connectivity index (χ1) is 8.54. The second-order valence-electron chi connectivity index (χ2n) is 3.04. The van der Waals surface area contributed by atoms with Crippen LogP contribution in [-0.4, -0.2) is 17.9 Å². The van der Waals surface area contributed by atoms with Crippen molar-refractivity contribution in [1.82, 2.24) is 5.43 Å². The Kier molecular flexibility index (Phi) is 5.72. The molecule has 0 aromatic heterocycles. The first-order valence-corrected chi connectivity index (χ1v) is 5.85. The molecule has 0 amide bonds. The van der Waals surface area contributed by atoms with E-state index in [1.807, 2.05) is 0 Å². The van der Waals surface area contributed by atoms with Crippen LogP contribution in [0, 0.1) is 12.3 Å². The van der Waals surface area contributed by atoms with Gasteiger partial charge in [0, 0.05) is 0 Å². The van der Waals surface area contributed by atoms with Gasteiger partial charge in [0.2, 0.25) is 0 Å². The number of nitrogens with one attached hydrogen (secondary N) is 1. The number of hydrogen-bond donors (Lipinski definition) is 2. The van der Waals surface area contributed by atoms with E-state index in [1.54, 1.807) is 12.1 Å². The first kappa shape index (κ1) is 14.6. The fraction of sp³-hybridized carbons (Fsp3) is 0.0909. The number of terminal acetylenes is 1. The number of thiocarbonyl (C=S) groups is 1. The van der Waals surface area contributed by atoms with Crippen LogP contribution in [0.25, 0.3) is 0 Å². The molecule has 0 bridgehead atoms. The third-order valence-corrected chi connectivity index (χ3v) is 2.36. The van der Waals surface area contributed by atoms with Gasteiger partial charge in [0.05, 0.1) is 16.3 Å². The molecule has 0 aliphatic carbocycles. The Bertz CT molecular complexity index is 503. The van der Waals surface area contributed by atoms with Gasteiger partial charge in [0.25, 0.3) is 0 Å². The van der Waals surface area contributed by atoms with Crippen LogP contribution >= 0.6 is 35.4 Å². The molecule has 4 nitrogen and oxygen atoms in total. The number of nitrogens with zero attached hydrogens (tertiary/aromatic N) is 1. The molecule has 0 atom stereocenters. The molecule has 94 valence electrons. The van der Waals surface area contributed by atoms with Crippen LogP contribution in [-0.2, 0) is 0 Å². The highest BCUT2D eigenvalue weighted by molar-refractivity contribution is 7.80. The topological polar surface area (TPSA) is 59.6 Å². The first-order valence-electron chi connectivity index (χ1n) is 4.68. The monoisotopic (exact) mass is 301 g/mol. The quantitative estimate of drug-likeness (QED) is 0.387. The number of hydrogen-bond acceptors (Lipinski definition) is 3. The van der Waals surface area contributed by atoms with E-state index in [4.69, 9.17) is 40.1 Å². The lowest BCUT2D eigenvalue weighted by Crippen LogP contribution is -2.23. The number of rotatable bonds is 4. The van der Waals surface area contributed by atoms with Gasteiger partial charge in [-0.05, 0) is 29.9 Å². The number of halogens is 2. The molecule has 0 aliphatic heterocycles. The summed E-state index contributed by atoms with van der Waals surface area (Å²) in [6.45, 7) is 0.0931. The number of benzene rings is 1. The van der Waals surface area contributed by atoms with Crippen LogP contribution in [0.5, 0.6) is 5.75 Å². The highest BCUT2D eigenvalue weighted by atomic mass is 35.5. The summed E-state index contributed by atoms with van der Waals surface area (Å²) in [4.78, 5) is 0. The summed E-state index contributed by atoms with van der Waals surface area (Å²) < 4.78 is 5.21. The van der Waals surface area contributed by atoms with E-state index in [0.29, 0.717) is 21.4 Å². The van der Waals surface area contributed by atoms with E-state index in [1.165, 1.54) is 6.21 Å². The summed E-state index contributed by atoms with van der Waals surface area (Å²) in [5.74, 6) is 2.67. The molecule has 0 aliphatic rings. The van der Waals surface area contributed by atoms with Crippen LogP contribution in [0.1, 0.15) is 5.56 Å². The minimum atomic E-state index is 0.0671. The zero-order valence-corrected chi connectivity index (χ0v) is 11.4. The van der Waals surface area contributed by atoms with E-state index in [-0.39, 0.29) is 11.7 Å². The molecule has 1 aromatic rings. The SMILES string of the molecule is C#CCOc1c(Cl)cc(C=NNC(N)=S)cc1Cl. The predicted molar refractivity (Wildman–Crippen MR) is 78.3 cm³/mol. The van der Waals surface area contributed by atoms with Crippen molar-refractivity contribution >= 4 is 46.7 Å². The van der Waals surface area contributed by atoms with E-state index >= 15 is 0 Å². The lowest BCUT2D eigenvalue weighted by molar-refractivity contribution is 0.371. The molecule has 0 spiro atoms. The second-order valence-corrected chi connectivity index (χ2v) is 4.29. The summed E-state index contributed by atoms with van der Waals surface area (Å²) in [5.41, 5.74) is 8.30. The third kappa shape index (κ3) is 4.41. The Morgan fingerprint density at radius 3 is 2.67 bits per heavy atom. The average Bonchev–Trinajstić information content (AvgIpc) is 2.27. The van der Waals surface area contributed by atoms with Crippen molar-refractivity contribution in [2.45, 2.75) is 0 Å². The zero-order chi connectivity index (χ0) is 13.5. The molecule has 0 unspecified atom stereocenters. The Hall–Kier alpha value is -1.48. The fourth-order valence-corrected chi connectivity index (χ4v) is 1.74. The molecule has 1 rings (SSSR count). The van der Waals surface area contributed by atoms with Crippen molar-refractivity contribution < 1.29 is 4.74 Å². The van der Waals surface area contributed by atoms with Crippen LogP contribution < -0.4 is 15.9 Å². The van der Waals surface area contributed by atoms with Crippen molar-refractivity contribution in [1.29, 1.82) is 0 Å². The highest BCUT2D eigenvalue weighted by Crippen LogP contribution is 2.33. The third-order valence-electron chi connectivity index (χ3n) is 1.71. The second kappa shape index (κ2) is 7.07. The van der Waals surface area contributed by atoms with E-state index in [2.05, 4.69) is 28.7 Å². The van der Waals surface area contributed by atoms with E-state index in [0.717, 1.165) is 0 Å². The maximum atomic E-state index is 6.00. The summed E-state index contributed by atoms with van der Waals surface area (Å²) in [6.07, 6.45) is 6.56. The molecular weight excluding hydrogens is 293 g/mol. The molecule has 0 saturated carbocycles. The molecule has 0 heterocycles. The maximum Gasteiger partial charge on any atom is 0.184 e. The molecule has 7 heteroatoms. The van der Waals surface area contributed by atoms with Crippen LogP contribution in [0.3, 0.4) is 0 Å². The van der Waals surface area contributed by atoms with Gasteiger partial charge in [0.15, 0.2) is 10.9 Å². The largest absolute Gasteiger partial charge is 0.478 e. The van der Waals surface area contributed by atoms with Gasteiger partial charge < -0.3 is 10.5 Å². The van der Waals surface area contributed by atoms with Gasteiger partial charge in [0.1, 0.15) is 6.61 Å². The molecule has 0 radical (unpaired) electrons. The molecule has 3 N–H and O–H groups in total. The molecule has 1 aromatic carbocycles. The van der Waals surface area contributed by atoms with Gasteiger partial charge in [-0.2, -0.15) is 5.10 Å². The summed E-state index contributed by atoms with van der Waals surface area (Å²) in [5, 5.41) is 4.53. The van der Waals surface area contributed by atoms with Crippen LogP contribution in [0.15, 0.2) is 17.2 Å². The van der Waals surface area contributed by atoms with Crippen molar-refractivity contribution in [3.05, 3.63) is 27.7 Å². The maximum absolute atomic E-state index is 6.00. The van der Waals surface area contributed by atoms with Crippen molar-refractivity contribution in [2.24, 2.45) is 10.8 Å². The average molecular weight is 302 g/mol. The van der Waals surface area contributed by atoms with Gasteiger partial charge in [-0.3, -0.25) is 5.43 Å². The van der Waals surface area contributed by atoms with Crippen molar-refractivity contribution in [3.8, 4) is 18.1 Å². The summed E-state index contributed by atoms with van der Waals surface area (Å²) >= 11 is 16.6. The lowest BCUT2D eigenvalue weighted by Gasteiger charge is -2.08. The van der Waals surface area contributed by atoms with Crippen molar-refractivity contribution in [2.75, 3.05) is 6.61 Å². The van der Waals surface area contributed by atoms with E-state index in [9.17, 15) is 0 Å². The van der Waals surface area contributed by atoms with Crippen molar-refractivity contribution in [3.63, 3.8) is 0 Å². The fourth-order valence-electron chi connectivity index (χ4n) is 1.08. The van der Waals surface area contributed by atoms with Crippen LogP contribution in [0.4, 0.5) is 0 Å². The molecule has 0 fully saturated rings. The minimum Gasteiger partial charge on any atom is -0.478 e. The molecular formula is C11H9Cl2N3OS. The number of ether oxygens (including phenoxy) is 1. The van der Waals surface area contributed by atoms with E-state index < -0.39 is 0 Å². The lowest BCUT2D eigenvalue weighted by atomic mass is 10.2. The Morgan fingerprint density at radius 1 is 1.56 bits per heavy atom. The molecule has 18 heavy (non-hydrogen) atoms. The number of hydrazone groups is 1. The standard InChI is InChI=1S/C11H9Cl2N3OS/c1-2-3-17-10-8(12)4-7(5-9(10)13)6-15-16-11(14)18/h1,4-6H,3H2,(H3,14,16,18). The van der Waals surface area contributed by atoms with Gasteiger partial charge in [-0.1, -0.05) is 29.1 Å². The van der Waals surface area contributed by atoms with Gasteiger partial charge >= 0.3 is 0 Å². The van der Waals surface area contributed by atoms with Crippen LogP contribution in [0.2, 0.25) is 10.0 Å². The normalized spacial score (nSPS) is 10.1. The highest BCUT2D eigenvalue weighted by Gasteiger charge is 2.08. The minimum absolute atomic E-state index is 0.0671. The Labute approximate surface area is 120 Å². The Balaban J connectivity index is 2.89. The number of nitrogens with two attached hydrogens (primary N) is 1. The zero-order valence-electron chi connectivity index (χ0n) is 9.11. The van der Waals surface area contributed by atoms with Gasteiger partial charge in [-0.15, -0.1) is 6.42 Å². The summed E-state index contributed by atoms with van der Waals surface area (Å²) in [7, 11) is 0. The smallest absolute Gasteiger partial charge is 0.184 e. The molecule has 0 saturated heterocycles. The summed E-state index contributed by atoms with van der Waals surface area (Å²) in [6, 6.07) is 3.26. The predicted octanol–water partition coefficient (Wildman–Crippen LogP) is 2.17. The van der Waals surface area contributed by atoms with Gasteiger partial charge in [-0.25, -0.2) is 0 Å². The Morgan fingerprint density at radius 2 is 2.17 bits per heavy atom.